The van der Waals surface area contributed by atoms with Crippen LogP contribution in [0.5, 0.6) is 0 Å². The van der Waals surface area contributed by atoms with Crippen molar-refractivity contribution in [3.8, 4) is 0 Å². The van der Waals surface area contributed by atoms with E-state index >= 15 is 0 Å². The number of hydrogen-bond acceptors (Lipinski definition) is 9. The molecule has 0 radical (unpaired) electrons. The van der Waals surface area contributed by atoms with Crippen molar-refractivity contribution in [1.29, 1.82) is 0 Å². The number of epoxide rings is 1. The highest BCUT2D eigenvalue weighted by molar-refractivity contribution is 5.89. The zero-order valence-corrected chi connectivity index (χ0v) is 23.2. The number of fused-ring (bicyclic) bond motifs is 6. The number of hydrogen-bond donors (Lipinski definition) is 3. The van der Waals surface area contributed by atoms with Crippen molar-refractivity contribution >= 4 is 11.8 Å². The van der Waals surface area contributed by atoms with E-state index in [1.807, 2.05) is 13.8 Å². The Kier molecular flexibility index (Phi) is 5.03. The average Bonchev–Trinajstić information content (AvgIpc) is 3.46. The van der Waals surface area contributed by atoms with Gasteiger partial charge in [0.25, 0.3) is 0 Å². The van der Waals surface area contributed by atoms with Crippen molar-refractivity contribution in [1.82, 2.24) is 0 Å². The van der Waals surface area contributed by atoms with E-state index in [4.69, 9.17) is 18.9 Å². The Bertz CT molecular complexity index is 1090. The molecule has 7 rings (SSSR count). The summed E-state index contributed by atoms with van der Waals surface area (Å²) in [4.78, 5) is 26.3. The number of aliphatic hydroxyl groups is 3. The SMILES string of the molecule is CO[C@H]1CC(=O)[C@]2(C)[C@H]3CC[C@@]4(C)[C@@H](C[C@@H]5O[C@]6(OC(=O)[C@H](C)[C@H]6C)[C@@H](O)[C@](C)(O)[C@H]54)[C@@H]3C[C@H]3O[C@]32[C@H]1O. The molecule has 38 heavy (non-hydrogen) atoms. The fourth-order valence-corrected chi connectivity index (χ4v) is 11.1. The van der Waals surface area contributed by atoms with E-state index in [0.29, 0.717) is 6.42 Å². The van der Waals surface area contributed by atoms with Crippen LogP contribution in [0.25, 0.3) is 0 Å². The predicted octanol–water partition coefficient (Wildman–Crippen LogP) is 1.59. The molecule has 0 bridgehead atoms. The summed E-state index contributed by atoms with van der Waals surface area (Å²) in [6.07, 6.45) is -0.297. The van der Waals surface area contributed by atoms with Crippen molar-refractivity contribution in [2.24, 2.45) is 46.3 Å². The zero-order valence-electron chi connectivity index (χ0n) is 23.2. The van der Waals surface area contributed by atoms with Crippen LogP contribution in [0.2, 0.25) is 0 Å². The van der Waals surface area contributed by atoms with E-state index in [0.717, 1.165) is 19.3 Å². The van der Waals surface area contributed by atoms with E-state index < -0.39 is 64.6 Å². The normalized spacial score (nSPS) is 64.4. The van der Waals surface area contributed by atoms with Crippen LogP contribution in [-0.4, -0.2) is 81.7 Å². The van der Waals surface area contributed by atoms with E-state index in [1.165, 1.54) is 7.11 Å². The maximum absolute atomic E-state index is 13.8. The molecule has 3 heterocycles. The molecule has 0 unspecified atom stereocenters. The van der Waals surface area contributed by atoms with Crippen LogP contribution < -0.4 is 0 Å². The number of ketones is 1. The van der Waals surface area contributed by atoms with Crippen LogP contribution in [0.15, 0.2) is 0 Å². The van der Waals surface area contributed by atoms with Crippen LogP contribution in [0.4, 0.5) is 0 Å². The Labute approximate surface area is 223 Å². The topological polar surface area (TPSA) is 135 Å². The lowest BCUT2D eigenvalue weighted by molar-refractivity contribution is -0.368. The second kappa shape index (κ2) is 7.39. The Balaban J connectivity index is 1.26. The molecule has 212 valence electrons. The number of ether oxygens (including phenoxy) is 4. The van der Waals surface area contributed by atoms with Gasteiger partial charge < -0.3 is 34.3 Å². The van der Waals surface area contributed by atoms with Gasteiger partial charge in [0.05, 0.1) is 29.6 Å². The molecule has 3 saturated heterocycles. The van der Waals surface area contributed by atoms with Gasteiger partial charge in [0.2, 0.25) is 5.79 Å². The molecule has 16 atom stereocenters. The number of methoxy groups -OCH3 is 1. The maximum atomic E-state index is 13.8. The first-order valence-electron chi connectivity index (χ1n) is 14.4. The monoisotopic (exact) mass is 534 g/mol. The summed E-state index contributed by atoms with van der Waals surface area (Å²) >= 11 is 0. The molecule has 4 saturated carbocycles. The third-order valence-electron chi connectivity index (χ3n) is 13.2. The second-order valence-corrected chi connectivity index (χ2v) is 14.3. The summed E-state index contributed by atoms with van der Waals surface area (Å²) < 4.78 is 24.2. The lowest BCUT2D eigenvalue weighted by Gasteiger charge is -2.61. The van der Waals surface area contributed by atoms with Gasteiger partial charge in [-0.25, -0.2) is 0 Å². The van der Waals surface area contributed by atoms with Crippen LogP contribution in [0.1, 0.15) is 66.7 Å². The molecule has 7 fully saturated rings. The average molecular weight is 535 g/mol. The summed E-state index contributed by atoms with van der Waals surface area (Å²) in [6, 6.07) is 0. The molecular formula is C29H42O9. The highest BCUT2D eigenvalue weighted by Gasteiger charge is 2.83. The van der Waals surface area contributed by atoms with Gasteiger partial charge in [-0.1, -0.05) is 20.8 Å². The molecule has 0 aromatic carbocycles. The van der Waals surface area contributed by atoms with Gasteiger partial charge in [0.1, 0.15) is 29.2 Å². The van der Waals surface area contributed by atoms with Crippen molar-refractivity contribution in [3.63, 3.8) is 0 Å². The number of esters is 1. The molecule has 0 amide bonds. The second-order valence-electron chi connectivity index (χ2n) is 14.3. The van der Waals surface area contributed by atoms with Crippen LogP contribution in [-0.2, 0) is 28.5 Å². The van der Waals surface area contributed by atoms with Crippen molar-refractivity contribution in [2.75, 3.05) is 7.11 Å². The Morgan fingerprint density at radius 1 is 1.03 bits per heavy atom. The molecule has 9 heteroatoms. The van der Waals surface area contributed by atoms with Gasteiger partial charge in [0, 0.05) is 25.4 Å². The third-order valence-corrected chi connectivity index (χ3v) is 13.2. The molecule has 2 spiro atoms. The van der Waals surface area contributed by atoms with E-state index in [-0.39, 0.29) is 47.4 Å². The minimum Gasteiger partial charge on any atom is -0.429 e. The van der Waals surface area contributed by atoms with Gasteiger partial charge in [0.15, 0.2) is 0 Å². The van der Waals surface area contributed by atoms with E-state index in [1.54, 1.807) is 13.8 Å². The summed E-state index contributed by atoms with van der Waals surface area (Å²) in [5, 5.41) is 34.9. The predicted molar refractivity (Wildman–Crippen MR) is 131 cm³/mol. The number of rotatable bonds is 1. The molecule has 0 aromatic rings. The van der Waals surface area contributed by atoms with Gasteiger partial charge >= 0.3 is 5.97 Å². The Morgan fingerprint density at radius 2 is 1.74 bits per heavy atom. The van der Waals surface area contributed by atoms with Crippen molar-refractivity contribution in [2.45, 2.75) is 114 Å². The first-order valence-corrected chi connectivity index (χ1v) is 14.4. The Hall–Kier alpha value is -1.10. The highest BCUT2D eigenvalue weighted by atomic mass is 16.7. The van der Waals surface area contributed by atoms with E-state index in [2.05, 4.69) is 6.92 Å². The van der Waals surface area contributed by atoms with Crippen LogP contribution in [0.3, 0.4) is 0 Å². The number of Topliss-reactive ketones (excluding diaryl/α,β-unsaturated/α-hetero) is 1. The molecule has 9 nitrogen and oxygen atoms in total. The van der Waals surface area contributed by atoms with Crippen molar-refractivity contribution in [3.05, 3.63) is 0 Å². The van der Waals surface area contributed by atoms with Gasteiger partial charge in [-0.15, -0.1) is 0 Å². The highest BCUT2D eigenvalue weighted by Crippen LogP contribution is 2.75. The fourth-order valence-electron chi connectivity index (χ4n) is 11.1. The van der Waals surface area contributed by atoms with Gasteiger partial charge in [-0.3, -0.25) is 9.59 Å². The first-order chi connectivity index (χ1) is 17.7. The van der Waals surface area contributed by atoms with Crippen LogP contribution >= 0.6 is 0 Å². The standard InChI is InChI=1S/C29H42O9/c1-12-13(2)29(38-23(12)32)24(33)27(5,34)21-17(36-29)10-16-14-9-20-28(37-20)22(31)18(35-6)11-19(30)26(28,4)15(14)7-8-25(16,21)3/h12-18,20-22,24,31,33-34H,7-11H2,1-6H3/t12-,13-,14-,15+,16+,17+,18+,20-,21-,22+,24+,25+,26+,27-,28+,29-/m1/s1. The largest absolute Gasteiger partial charge is 0.429 e. The molecular weight excluding hydrogens is 492 g/mol. The molecule has 0 aromatic heterocycles. The third kappa shape index (κ3) is 2.57. The maximum Gasteiger partial charge on any atom is 0.311 e. The van der Waals surface area contributed by atoms with Gasteiger partial charge in [-0.2, -0.15) is 0 Å². The van der Waals surface area contributed by atoms with Crippen molar-refractivity contribution < 1.29 is 43.9 Å². The smallest absolute Gasteiger partial charge is 0.311 e. The quantitative estimate of drug-likeness (QED) is 0.339. The molecule has 3 aliphatic heterocycles. The summed E-state index contributed by atoms with van der Waals surface area (Å²) in [5.41, 5.74) is -3.57. The summed E-state index contributed by atoms with van der Waals surface area (Å²) in [7, 11) is 1.53. The number of carbonyl (C=O) groups is 2. The summed E-state index contributed by atoms with van der Waals surface area (Å²) in [6.45, 7) is 9.48. The molecule has 3 N–H and O–H groups in total. The number of carbonyl (C=O) groups excluding carboxylic acids is 2. The van der Waals surface area contributed by atoms with Gasteiger partial charge in [-0.05, 0) is 62.7 Å². The molecule has 7 aliphatic rings. The lowest BCUT2D eigenvalue weighted by atomic mass is 9.43. The van der Waals surface area contributed by atoms with E-state index in [9.17, 15) is 24.9 Å². The summed E-state index contributed by atoms with van der Waals surface area (Å²) in [5.74, 6) is -2.79. The minimum atomic E-state index is -1.57. The fraction of sp³-hybridized carbons (Fsp3) is 0.931. The molecule has 4 aliphatic carbocycles. The zero-order chi connectivity index (χ0) is 27.4. The van der Waals surface area contributed by atoms with Crippen LogP contribution in [0, 0.1) is 46.3 Å². The lowest BCUT2D eigenvalue weighted by Crippen LogP contribution is -2.71. The first kappa shape index (κ1) is 25.8. The number of aliphatic hydroxyl groups excluding tert-OH is 2. The minimum absolute atomic E-state index is 0.0338. The Morgan fingerprint density at radius 3 is 2.37 bits per heavy atom.